The summed E-state index contributed by atoms with van der Waals surface area (Å²) < 4.78 is 16.6. The Labute approximate surface area is 113 Å². The van der Waals surface area contributed by atoms with Crippen LogP contribution < -0.4 is 5.32 Å². The maximum Gasteiger partial charge on any atom is 0.233 e. The minimum absolute atomic E-state index is 0.119. The van der Waals surface area contributed by atoms with Crippen LogP contribution in [0.25, 0.3) is 0 Å². The van der Waals surface area contributed by atoms with E-state index in [4.69, 9.17) is 14.0 Å². The Balaban J connectivity index is 2.18. The molecule has 0 bridgehead atoms. The summed E-state index contributed by atoms with van der Waals surface area (Å²) in [5.41, 5.74) is -0.481. The van der Waals surface area contributed by atoms with Crippen molar-refractivity contribution < 1.29 is 14.0 Å². The molecule has 0 aliphatic carbocycles. The number of nitrogens with zero attached hydrogens (tertiary/aromatic N) is 2. The molecule has 3 unspecified atom stereocenters. The van der Waals surface area contributed by atoms with Crippen molar-refractivity contribution in [3.8, 4) is 0 Å². The van der Waals surface area contributed by atoms with E-state index in [-0.39, 0.29) is 12.0 Å². The van der Waals surface area contributed by atoms with E-state index >= 15 is 0 Å². The second-order valence-corrected chi connectivity index (χ2v) is 5.01. The second kappa shape index (κ2) is 5.98. The lowest BCUT2D eigenvalue weighted by atomic mass is 10.0. The Morgan fingerprint density at radius 2 is 2.21 bits per heavy atom. The number of ether oxygens (including phenoxy) is 2. The first kappa shape index (κ1) is 14.4. The lowest BCUT2D eigenvalue weighted by Crippen LogP contribution is -2.31. The number of rotatable bonds is 6. The summed E-state index contributed by atoms with van der Waals surface area (Å²) in [5, 5.41) is 7.31. The van der Waals surface area contributed by atoms with E-state index in [2.05, 4.69) is 22.4 Å². The van der Waals surface area contributed by atoms with Crippen LogP contribution in [0.3, 0.4) is 0 Å². The molecule has 1 aliphatic rings. The molecule has 19 heavy (non-hydrogen) atoms. The van der Waals surface area contributed by atoms with Crippen molar-refractivity contribution in [2.75, 3.05) is 26.9 Å². The molecule has 2 rings (SSSR count). The minimum Gasteiger partial charge on any atom is -0.379 e. The monoisotopic (exact) mass is 269 g/mol. The van der Waals surface area contributed by atoms with Crippen LogP contribution >= 0.6 is 0 Å². The Morgan fingerprint density at radius 1 is 1.42 bits per heavy atom. The van der Waals surface area contributed by atoms with Gasteiger partial charge in [-0.1, -0.05) is 12.1 Å². The molecule has 3 atom stereocenters. The quantitative estimate of drug-likeness (QED) is 0.842. The van der Waals surface area contributed by atoms with Gasteiger partial charge in [0.15, 0.2) is 0 Å². The lowest BCUT2D eigenvalue weighted by molar-refractivity contribution is -0.0403. The molecular weight excluding hydrogens is 246 g/mol. The summed E-state index contributed by atoms with van der Waals surface area (Å²) in [6, 6.07) is 0.230. The summed E-state index contributed by atoms with van der Waals surface area (Å²) in [6.07, 6.45) is 0.802. The fraction of sp³-hybridized carbons (Fsp3) is 0.846. The van der Waals surface area contributed by atoms with Crippen molar-refractivity contribution in [1.29, 1.82) is 0 Å². The SMILES string of the molecule is CCOC(C)(CC)c1noc(C2COCC2NC)n1. The van der Waals surface area contributed by atoms with Gasteiger partial charge in [0.25, 0.3) is 0 Å². The molecule has 1 fully saturated rings. The van der Waals surface area contributed by atoms with E-state index in [1.54, 1.807) is 0 Å². The normalized spacial score (nSPS) is 26.5. The lowest BCUT2D eigenvalue weighted by Gasteiger charge is -2.23. The molecule has 1 aromatic rings. The Morgan fingerprint density at radius 3 is 2.84 bits per heavy atom. The number of likely N-dealkylation sites (N-methyl/N-ethyl adjacent to an activating group) is 1. The Hall–Kier alpha value is -0.980. The molecule has 1 saturated heterocycles. The van der Waals surface area contributed by atoms with E-state index in [9.17, 15) is 0 Å². The van der Waals surface area contributed by atoms with Gasteiger partial charge in [-0.3, -0.25) is 0 Å². The number of aromatic nitrogens is 2. The van der Waals surface area contributed by atoms with Crippen molar-refractivity contribution in [3.63, 3.8) is 0 Å². The summed E-state index contributed by atoms with van der Waals surface area (Å²) in [6.45, 7) is 7.93. The molecule has 1 aromatic heterocycles. The average Bonchev–Trinajstić information content (AvgIpc) is 3.07. The molecule has 0 spiro atoms. The molecule has 6 nitrogen and oxygen atoms in total. The largest absolute Gasteiger partial charge is 0.379 e. The number of hydrogen-bond donors (Lipinski definition) is 1. The van der Waals surface area contributed by atoms with Crippen LogP contribution in [0.1, 0.15) is 44.8 Å². The zero-order chi connectivity index (χ0) is 13.9. The van der Waals surface area contributed by atoms with Gasteiger partial charge in [-0.2, -0.15) is 4.98 Å². The van der Waals surface area contributed by atoms with E-state index in [1.165, 1.54) is 0 Å². The van der Waals surface area contributed by atoms with Crippen LogP contribution in [0.15, 0.2) is 4.52 Å². The fourth-order valence-electron chi connectivity index (χ4n) is 2.33. The molecule has 0 radical (unpaired) electrons. The van der Waals surface area contributed by atoms with Gasteiger partial charge in [0.05, 0.1) is 19.1 Å². The predicted molar refractivity (Wildman–Crippen MR) is 70.0 cm³/mol. The topological polar surface area (TPSA) is 69.4 Å². The molecule has 1 N–H and O–H groups in total. The van der Waals surface area contributed by atoms with Crippen LogP contribution in [0.5, 0.6) is 0 Å². The van der Waals surface area contributed by atoms with Crippen molar-refractivity contribution in [2.45, 2.75) is 44.8 Å². The molecule has 0 aromatic carbocycles. The van der Waals surface area contributed by atoms with Crippen LogP contribution in [-0.4, -0.2) is 43.1 Å². The number of hydrogen-bond acceptors (Lipinski definition) is 6. The van der Waals surface area contributed by atoms with Gasteiger partial charge in [0, 0.05) is 12.6 Å². The zero-order valence-electron chi connectivity index (χ0n) is 12.1. The van der Waals surface area contributed by atoms with Crippen LogP contribution in [0, 0.1) is 0 Å². The molecule has 0 amide bonds. The molecule has 2 heterocycles. The van der Waals surface area contributed by atoms with Crippen LogP contribution in [-0.2, 0) is 15.1 Å². The third kappa shape index (κ3) is 2.80. The van der Waals surface area contributed by atoms with Gasteiger partial charge in [-0.05, 0) is 27.3 Å². The van der Waals surface area contributed by atoms with Crippen LogP contribution in [0.4, 0.5) is 0 Å². The van der Waals surface area contributed by atoms with Gasteiger partial charge >= 0.3 is 0 Å². The van der Waals surface area contributed by atoms with E-state index < -0.39 is 5.60 Å². The summed E-state index contributed by atoms with van der Waals surface area (Å²) >= 11 is 0. The summed E-state index contributed by atoms with van der Waals surface area (Å²) in [4.78, 5) is 4.53. The summed E-state index contributed by atoms with van der Waals surface area (Å²) in [5.74, 6) is 1.37. The first-order chi connectivity index (χ1) is 9.14. The van der Waals surface area contributed by atoms with Crippen molar-refractivity contribution >= 4 is 0 Å². The third-order valence-corrected chi connectivity index (χ3v) is 3.82. The maximum atomic E-state index is 5.76. The van der Waals surface area contributed by atoms with Crippen molar-refractivity contribution in [2.24, 2.45) is 0 Å². The van der Waals surface area contributed by atoms with Gasteiger partial charge in [0.2, 0.25) is 11.7 Å². The third-order valence-electron chi connectivity index (χ3n) is 3.82. The standard InChI is InChI=1S/C13H23N3O3/c1-5-13(3,18-6-2)12-15-11(19-16-12)9-7-17-8-10(9)14-4/h9-10,14H,5-8H2,1-4H3. The average molecular weight is 269 g/mol. The number of nitrogens with one attached hydrogen (secondary N) is 1. The molecular formula is C13H23N3O3. The first-order valence-electron chi connectivity index (χ1n) is 6.87. The molecule has 1 aliphatic heterocycles. The maximum absolute atomic E-state index is 5.76. The van der Waals surface area contributed by atoms with Crippen molar-refractivity contribution in [1.82, 2.24) is 15.5 Å². The highest BCUT2D eigenvalue weighted by Crippen LogP contribution is 2.30. The highest BCUT2D eigenvalue weighted by atomic mass is 16.5. The van der Waals surface area contributed by atoms with E-state index in [0.29, 0.717) is 31.5 Å². The predicted octanol–water partition coefficient (Wildman–Crippen LogP) is 1.43. The first-order valence-corrected chi connectivity index (χ1v) is 6.87. The van der Waals surface area contributed by atoms with Gasteiger partial charge in [0.1, 0.15) is 5.60 Å². The van der Waals surface area contributed by atoms with E-state index in [1.807, 2.05) is 20.9 Å². The van der Waals surface area contributed by atoms with Gasteiger partial charge in [-0.25, -0.2) is 0 Å². The molecule has 6 heteroatoms. The van der Waals surface area contributed by atoms with Crippen LogP contribution in [0.2, 0.25) is 0 Å². The second-order valence-electron chi connectivity index (χ2n) is 5.01. The molecule has 108 valence electrons. The van der Waals surface area contributed by atoms with E-state index in [0.717, 1.165) is 6.42 Å². The van der Waals surface area contributed by atoms with Gasteiger partial charge in [-0.15, -0.1) is 0 Å². The fourth-order valence-corrected chi connectivity index (χ4v) is 2.33. The highest BCUT2D eigenvalue weighted by molar-refractivity contribution is 5.06. The Bertz CT molecular complexity index is 410. The Kier molecular flexibility index (Phi) is 4.54. The minimum atomic E-state index is -0.481. The van der Waals surface area contributed by atoms with Crippen molar-refractivity contribution in [3.05, 3.63) is 11.7 Å². The smallest absolute Gasteiger partial charge is 0.233 e. The van der Waals surface area contributed by atoms with Gasteiger partial charge < -0.3 is 19.3 Å². The highest BCUT2D eigenvalue weighted by Gasteiger charge is 2.36. The molecule has 0 saturated carbocycles. The summed E-state index contributed by atoms with van der Waals surface area (Å²) in [7, 11) is 1.92. The zero-order valence-corrected chi connectivity index (χ0v) is 12.1.